The number of nitrogens with one attached hydrogen (secondary N) is 1. The molecule has 0 spiro atoms. The number of aromatic carboxylic acids is 1. The Balaban J connectivity index is 2.02. The van der Waals surface area contributed by atoms with Crippen LogP contribution in [0.1, 0.15) is 44.9 Å². The molecule has 1 aromatic heterocycles. The summed E-state index contributed by atoms with van der Waals surface area (Å²) < 4.78 is 26.1. The van der Waals surface area contributed by atoms with Crippen molar-refractivity contribution in [2.75, 3.05) is 0 Å². The highest BCUT2D eigenvalue weighted by atomic mass is 19.3. The lowest BCUT2D eigenvalue weighted by Crippen LogP contribution is -2.23. The SMILES string of the molecule is Cc1[nH]c(CCc2ccc(C#N)cc2)c(C(=O)O)c(=O)c1-c1cccc(C(F)F)c1. The van der Waals surface area contributed by atoms with E-state index in [4.69, 9.17) is 5.26 Å². The zero-order valence-electron chi connectivity index (χ0n) is 16.1. The Hall–Kier alpha value is -3.79. The van der Waals surface area contributed by atoms with Crippen LogP contribution in [0.2, 0.25) is 0 Å². The molecule has 0 saturated heterocycles. The predicted octanol–water partition coefficient (Wildman–Crippen LogP) is 4.64. The van der Waals surface area contributed by atoms with Crippen molar-refractivity contribution in [1.29, 1.82) is 5.26 Å². The number of rotatable bonds is 6. The van der Waals surface area contributed by atoms with Crippen LogP contribution in [-0.4, -0.2) is 16.1 Å². The number of carboxylic acids is 1. The fraction of sp³-hybridized carbons (Fsp3) is 0.174. The quantitative estimate of drug-likeness (QED) is 0.621. The lowest BCUT2D eigenvalue weighted by molar-refractivity contribution is 0.0693. The molecular weight excluding hydrogens is 390 g/mol. The topological polar surface area (TPSA) is 93.9 Å². The van der Waals surface area contributed by atoms with E-state index in [9.17, 15) is 23.5 Å². The molecule has 0 saturated carbocycles. The zero-order chi connectivity index (χ0) is 21.8. The minimum absolute atomic E-state index is 0.0667. The second-order valence-corrected chi connectivity index (χ2v) is 6.85. The second kappa shape index (κ2) is 8.70. The fourth-order valence-corrected chi connectivity index (χ4v) is 3.39. The number of aromatic nitrogens is 1. The molecule has 2 aromatic carbocycles. The summed E-state index contributed by atoms with van der Waals surface area (Å²) in [5.74, 6) is -1.38. The average Bonchev–Trinajstić information content (AvgIpc) is 2.72. The minimum atomic E-state index is -2.70. The van der Waals surface area contributed by atoms with Crippen molar-refractivity contribution >= 4 is 5.97 Å². The number of H-pyrrole nitrogens is 1. The largest absolute Gasteiger partial charge is 0.477 e. The van der Waals surface area contributed by atoms with Gasteiger partial charge in [-0.1, -0.05) is 30.3 Å². The van der Waals surface area contributed by atoms with E-state index < -0.39 is 23.4 Å². The Morgan fingerprint density at radius 2 is 1.87 bits per heavy atom. The Bertz CT molecular complexity index is 1190. The summed E-state index contributed by atoms with van der Waals surface area (Å²) in [6, 6.07) is 14.3. The first-order chi connectivity index (χ1) is 14.3. The number of halogens is 2. The van der Waals surface area contributed by atoms with Crippen LogP contribution < -0.4 is 5.43 Å². The molecule has 2 N–H and O–H groups in total. The van der Waals surface area contributed by atoms with Gasteiger partial charge in [0.15, 0.2) is 0 Å². The van der Waals surface area contributed by atoms with Gasteiger partial charge in [-0.25, -0.2) is 13.6 Å². The van der Waals surface area contributed by atoms with Gasteiger partial charge in [-0.05, 0) is 49.1 Å². The van der Waals surface area contributed by atoms with E-state index in [-0.39, 0.29) is 28.8 Å². The number of hydrogen-bond donors (Lipinski definition) is 2. The number of pyridine rings is 1. The molecule has 0 atom stereocenters. The molecule has 30 heavy (non-hydrogen) atoms. The van der Waals surface area contributed by atoms with Crippen LogP contribution in [0.15, 0.2) is 53.3 Å². The molecule has 0 aliphatic carbocycles. The van der Waals surface area contributed by atoms with Crippen molar-refractivity contribution in [3.63, 3.8) is 0 Å². The molecule has 152 valence electrons. The third-order valence-corrected chi connectivity index (χ3v) is 4.86. The van der Waals surface area contributed by atoms with E-state index in [1.807, 2.05) is 6.07 Å². The van der Waals surface area contributed by atoms with Gasteiger partial charge in [-0.3, -0.25) is 4.79 Å². The summed E-state index contributed by atoms with van der Waals surface area (Å²) in [5, 5.41) is 18.5. The van der Waals surface area contributed by atoms with E-state index in [2.05, 4.69) is 4.98 Å². The first kappa shape index (κ1) is 20.9. The van der Waals surface area contributed by atoms with Crippen LogP contribution in [-0.2, 0) is 12.8 Å². The Morgan fingerprint density at radius 1 is 1.17 bits per heavy atom. The average molecular weight is 408 g/mol. The smallest absolute Gasteiger partial charge is 0.341 e. The number of alkyl halides is 2. The molecule has 0 aliphatic heterocycles. The maximum Gasteiger partial charge on any atom is 0.341 e. The highest BCUT2D eigenvalue weighted by Crippen LogP contribution is 2.26. The van der Waals surface area contributed by atoms with E-state index in [1.165, 1.54) is 24.3 Å². The maximum atomic E-state index is 13.0. The molecule has 0 radical (unpaired) electrons. The van der Waals surface area contributed by atoms with Gasteiger partial charge in [0.1, 0.15) is 5.56 Å². The summed E-state index contributed by atoms with van der Waals surface area (Å²) in [7, 11) is 0. The van der Waals surface area contributed by atoms with Gasteiger partial charge < -0.3 is 10.1 Å². The summed E-state index contributed by atoms with van der Waals surface area (Å²) in [6.07, 6.45) is -1.97. The summed E-state index contributed by atoms with van der Waals surface area (Å²) in [4.78, 5) is 27.8. The van der Waals surface area contributed by atoms with Gasteiger partial charge in [0.2, 0.25) is 5.43 Å². The van der Waals surface area contributed by atoms with Crippen molar-refractivity contribution < 1.29 is 18.7 Å². The Morgan fingerprint density at radius 3 is 2.47 bits per heavy atom. The molecule has 5 nitrogen and oxygen atoms in total. The number of carboxylic acid groups (broad SMARTS) is 1. The van der Waals surface area contributed by atoms with E-state index >= 15 is 0 Å². The zero-order valence-corrected chi connectivity index (χ0v) is 16.1. The first-order valence-corrected chi connectivity index (χ1v) is 9.18. The summed E-state index contributed by atoms with van der Waals surface area (Å²) >= 11 is 0. The number of carbonyl (C=O) groups is 1. The second-order valence-electron chi connectivity index (χ2n) is 6.85. The van der Waals surface area contributed by atoms with Crippen molar-refractivity contribution in [2.45, 2.75) is 26.2 Å². The summed E-state index contributed by atoms with van der Waals surface area (Å²) in [5.41, 5.74) is 1.04. The van der Waals surface area contributed by atoms with Crippen molar-refractivity contribution in [3.05, 3.63) is 92.4 Å². The molecule has 1 heterocycles. The molecule has 7 heteroatoms. The summed E-state index contributed by atoms with van der Waals surface area (Å²) in [6.45, 7) is 1.61. The molecule has 0 aliphatic rings. The van der Waals surface area contributed by atoms with E-state index in [1.54, 1.807) is 31.2 Å². The third-order valence-electron chi connectivity index (χ3n) is 4.86. The van der Waals surface area contributed by atoms with E-state index in [0.29, 0.717) is 17.7 Å². The third kappa shape index (κ3) is 4.28. The monoisotopic (exact) mass is 408 g/mol. The molecule has 0 unspecified atom stereocenters. The van der Waals surface area contributed by atoms with Crippen LogP contribution in [0.5, 0.6) is 0 Å². The molecule has 0 fully saturated rings. The van der Waals surface area contributed by atoms with Crippen LogP contribution >= 0.6 is 0 Å². The number of aromatic amines is 1. The van der Waals surface area contributed by atoms with Gasteiger partial charge in [0.05, 0.1) is 11.6 Å². The van der Waals surface area contributed by atoms with E-state index in [0.717, 1.165) is 5.56 Å². The predicted molar refractivity (Wildman–Crippen MR) is 108 cm³/mol. The normalized spacial score (nSPS) is 10.8. The molecule has 0 bridgehead atoms. The number of benzene rings is 2. The highest BCUT2D eigenvalue weighted by molar-refractivity contribution is 5.90. The highest BCUT2D eigenvalue weighted by Gasteiger charge is 2.22. The maximum absolute atomic E-state index is 13.0. The lowest BCUT2D eigenvalue weighted by atomic mass is 9.96. The Kier molecular flexibility index (Phi) is 6.07. The molecule has 0 amide bonds. The number of nitriles is 1. The molecule has 3 aromatic rings. The fourth-order valence-electron chi connectivity index (χ4n) is 3.39. The van der Waals surface area contributed by atoms with Gasteiger partial charge in [0.25, 0.3) is 6.43 Å². The van der Waals surface area contributed by atoms with Crippen LogP contribution in [0, 0.1) is 18.3 Å². The number of nitrogens with zero attached hydrogens (tertiary/aromatic N) is 1. The first-order valence-electron chi connectivity index (χ1n) is 9.18. The van der Waals surface area contributed by atoms with Crippen LogP contribution in [0.4, 0.5) is 8.78 Å². The molecular formula is C23H18F2N2O3. The van der Waals surface area contributed by atoms with Crippen LogP contribution in [0.25, 0.3) is 11.1 Å². The van der Waals surface area contributed by atoms with Crippen molar-refractivity contribution in [1.82, 2.24) is 4.98 Å². The number of aryl methyl sites for hydroxylation is 3. The molecule has 3 rings (SSSR count). The van der Waals surface area contributed by atoms with Crippen molar-refractivity contribution in [3.8, 4) is 17.2 Å². The number of hydrogen-bond acceptors (Lipinski definition) is 3. The lowest BCUT2D eigenvalue weighted by Gasteiger charge is -2.13. The minimum Gasteiger partial charge on any atom is -0.477 e. The standard InChI is InChI=1S/C23H18F2N2O3/c1-13-19(16-3-2-4-17(11-16)22(24)25)21(28)20(23(29)30)18(27-13)10-9-14-5-7-15(12-26)8-6-14/h2-8,11,22H,9-10H2,1H3,(H,27,28)(H,29,30). The van der Waals surface area contributed by atoms with Crippen molar-refractivity contribution in [2.24, 2.45) is 0 Å². The van der Waals surface area contributed by atoms with Gasteiger partial charge in [-0.15, -0.1) is 0 Å². The Labute approximate surface area is 171 Å². The van der Waals surface area contributed by atoms with Gasteiger partial charge in [0, 0.05) is 22.5 Å². The van der Waals surface area contributed by atoms with Gasteiger partial charge in [-0.2, -0.15) is 5.26 Å². The van der Waals surface area contributed by atoms with Crippen LogP contribution in [0.3, 0.4) is 0 Å². The van der Waals surface area contributed by atoms with Gasteiger partial charge >= 0.3 is 5.97 Å².